The van der Waals surface area contributed by atoms with Gasteiger partial charge in [0.25, 0.3) is 0 Å². The summed E-state index contributed by atoms with van der Waals surface area (Å²) in [7, 11) is 0. The monoisotopic (exact) mass is 302 g/mol. The molecular formula is C19H26O3. The molecule has 1 N–H and O–H groups in total. The Hall–Kier alpha value is -0.960. The molecule has 4 aliphatic carbocycles. The van der Waals surface area contributed by atoms with Crippen molar-refractivity contribution in [3.8, 4) is 0 Å². The van der Waals surface area contributed by atoms with Gasteiger partial charge in [0.1, 0.15) is 5.78 Å². The van der Waals surface area contributed by atoms with Gasteiger partial charge in [-0.3, -0.25) is 9.59 Å². The zero-order chi connectivity index (χ0) is 15.7. The van der Waals surface area contributed by atoms with Crippen LogP contribution in [0.3, 0.4) is 0 Å². The number of fused-ring (bicyclic) bond motifs is 5. The predicted molar refractivity (Wildman–Crippen MR) is 83.1 cm³/mol. The van der Waals surface area contributed by atoms with Gasteiger partial charge in [-0.15, -0.1) is 0 Å². The number of allylic oxidation sites excluding steroid dienone is 1. The van der Waals surface area contributed by atoms with Gasteiger partial charge in [0.05, 0.1) is 6.10 Å². The highest BCUT2D eigenvalue weighted by atomic mass is 16.3. The standard InChI is InChI=1S/C19H26O3/c1-18-7-5-12(20)9-11(18)3-4-13-14(18)6-8-19(2)16(22)10-15(21)17(13)19/h9,13-14,16-17,22H,3-8,10H2,1-2H3/t13-,14+,16+,17-,18+,19-/m1/s1. The van der Waals surface area contributed by atoms with Gasteiger partial charge in [0, 0.05) is 24.2 Å². The number of carbonyl (C=O) groups excluding carboxylic acids is 2. The van der Waals surface area contributed by atoms with Crippen LogP contribution in [0, 0.1) is 28.6 Å². The molecule has 3 heteroatoms. The van der Waals surface area contributed by atoms with E-state index in [0.29, 0.717) is 24.7 Å². The number of hydrogen-bond acceptors (Lipinski definition) is 3. The summed E-state index contributed by atoms with van der Waals surface area (Å²) >= 11 is 0. The lowest BCUT2D eigenvalue weighted by Crippen LogP contribution is -2.52. The molecular weight excluding hydrogens is 276 g/mol. The van der Waals surface area contributed by atoms with E-state index in [1.165, 1.54) is 5.57 Å². The van der Waals surface area contributed by atoms with E-state index in [9.17, 15) is 14.7 Å². The molecule has 0 aromatic rings. The first kappa shape index (κ1) is 14.6. The molecule has 120 valence electrons. The lowest BCUT2D eigenvalue weighted by Gasteiger charge is -2.57. The number of hydrogen-bond donors (Lipinski definition) is 1. The first-order valence-corrected chi connectivity index (χ1v) is 8.81. The fourth-order valence-corrected chi connectivity index (χ4v) is 6.33. The molecule has 0 radical (unpaired) electrons. The quantitative estimate of drug-likeness (QED) is 0.748. The number of aliphatic hydroxyl groups excluding tert-OH is 1. The molecule has 0 amide bonds. The molecule has 0 spiro atoms. The van der Waals surface area contributed by atoms with Gasteiger partial charge in [-0.2, -0.15) is 0 Å². The van der Waals surface area contributed by atoms with Crippen molar-refractivity contribution in [2.24, 2.45) is 28.6 Å². The summed E-state index contributed by atoms with van der Waals surface area (Å²) in [4.78, 5) is 24.4. The summed E-state index contributed by atoms with van der Waals surface area (Å²) in [6, 6.07) is 0. The van der Waals surface area contributed by atoms with Gasteiger partial charge in [-0.25, -0.2) is 0 Å². The maximum atomic E-state index is 12.6. The molecule has 3 nitrogen and oxygen atoms in total. The average molecular weight is 302 g/mol. The van der Waals surface area contributed by atoms with Crippen molar-refractivity contribution in [2.45, 2.75) is 64.9 Å². The van der Waals surface area contributed by atoms with Crippen LogP contribution in [0.4, 0.5) is 0 Å². The first-order valence-electron chi connectivity index (χ1n) is 8.81. The van der Waals surface area contributed by atoms with E-state index in [2.05, 4.69) is 13.8 Å². The third-order valence-electron chi connectivity index (χ3n) is 7.68. The topological polar surface area (TPSA) is 54.4 Å². The molecule has 0 bridgehead atoms. The Balaban J connectivity index is 1.73. The number of Topliss-reactive ketones (excluding diaryl/α,β-unsaturated/α-hetero) is 1. The second-order valence-electron chi connectivity index (χ2n) is 8.57. The van der Waals surface area contributed by atoms with E-state index in [4.69, 9.17) is 0 Å². The van der Waals surface area contributed by atoms with Crippen molar-refractivity contribution in [3.63, 3.8) is 0 Å². The van der Waals surface area contributed by atoms with Crippen LogP contribution in [0.5, 0.6) is 0 Å². The molecule has 0 aliphatic heterocycles. The fraction of sp³-hybridized carbons (Fsp3) is 0.789. The van der Waals surface area contributed by atoms with Gasteiger partial charge < -0.3 is 5.11 Å². The van der Waals surface area contributed by atoms with Crippen LogP contribution in [-0.2, 0) is 9.59 Å². The van der Waals surface area contributed by atoms with Crippen molar-refractivity contribution >= 4 is 11.6 Å². The van der Waals surface area contributed by atoms with E-state index >= 15 is 0 Å². The number of carbonyl (C=O) groups is 2. The van der Waals surface area contributed by atoms with Crippen molar-refractivity contribution in [1.29, 1.82) is 0 Å². The molecule has 0 heterocycles. The zero-order valence-corrected chi connectivity index (χ0v) is 13.6. The molecule has 3 fully saturated rings. The van der Waals surface area contributed by atoms with Crippen LogP contribution in [0.1, 0.15) is 58.8 Å². The highest BCUT2D eigenvalue weighted by Gasteiger charge is 2.61. The SMILES string of the molecule is C[C@]12CC[C@H]3[C@@H](CCC4=CC(=O)CC[C@@]43C)[C@@H]1C(=O)C[C@@H]2O. The molecule has 22 heavy (non-hydrogen) atoms. The predicted octanol–water partition coefficient (Wildman–Crippen LogP) is 3.06. The smallest absolute Gasteiger partial charge is 0.155 e. The normalized spacial score (nSPS) is 51.0. The van der Waals surface area contributed by atoms with E-state index in [0.717, 1.165) is 32.1 Å². The summed E-state index contributed by atoms with van der Waals surface area (Å²) < 4.78 is 0. The lowest BCUT2D eigenvalue weighted by atomic mass is 9.47. The summed E-state index contributed by atoms with van der Waals surface area (Å²) in [6.07, 6.45) is 7.40. The Bertz CT molecular complexity index is 577. The van der Waals surface area contributed by atoms with Crippen molar-refractivity contribution in [2.75, 3.05) is 0 Å². The molecule has 4 aliphatic rings. The largest absolute Gasteiger partial charge is 0.392 e. The van der Waals surface area contributed by atoms with Crippen LogP contribution >= 0.6 is 0 Å². The highest BCUT2D eigenvalue weighted by Crippen LogP contribution is 2.64. The van der Waals surface area contributed by atoms with Gasteiger partial charge in [0.15, 0.2) is 5.78 Å². The van der Waals surface area contributed by atoms with Gasteiger partial charge in [0.2, 0.25) is 0 Å². The first-order chi connectivity index (χ1) is 10.4. The minimum Gasteiger partial charge on any atom is -0.392 e. The number of rotatable bonds is 0. The van der Waals surface area contributed by atoms with Crippen LogP contribution < -0.4 is 0 Å². The molecule has 3 saturated carbocycles. The van der Waals surface area contributed by atoms with E-state index in [1.54, 1.807) is 0 Å². The summed E-state index contributed by atoms with van der Waals surface area (Å²) in [6.45, 7) is 4.45. The van der Waals surface area contributed by atoms with Crippen LogP contribution in [0.15, 0.2) is 11.6 Å². The minimum absolute atomic E-state index is 0.0391. The maximum absolute atomic E-state index is 12.6. The third-order valence-corrected chi connectivity index (χ3v) is 7.68. The van der Waals surface area contributed by atoms with Crippen molar-refractivity contribution < 1.29 is 14.7 Å². The molecule has 4 rings (SSSR count). The van der Waals surface area contributed by atoms with Crippen LogP contribution in [-0.4, -0.2) is 22.8 Å². The Morgan fingerprint density at radius 3 is 2.68 bits per heavy atom. The highest BCUT2D eigenvalue weighted by molar-refractivity contribution is 5.91. The second kappa shape index (κ2) is 4.53. The molecule has 0 aromatic carbocycles. The Labute approximate surface area is 132 Å². The number of aliphatic hydroxyl groups is 1. The Morgan fingerprint density at radius 1 is 1.14 bits per heavy atom. The van der Waals surface area contributed by atoms with Crippen molar-refractivity contribution in [3.05, 3.63) is 11.6 Å². The molecule has 0 saturated heterocycles. The van der Waals surface area contributed by atoms with Crippen molar-refractivity contribution in [1.82, 2.24) is 0 Å². The zero-order valence-electron chi connectivity index (χ0n) is 13.6. The maximum Gasteiger partial charge on any atom is 0.155 e. The van der Waals surface area contributed by atoms with Crippen LogP contribution in [0.2, 0.25) is 0 Å². The third kappa shape index (κ3) is 1.72. The summed E-state index contributed by atoms with van der Waals surface area (Å²) in [5.74, 6) is 1.51. The van der Waals surface area contributed by atoms with Gasteiger partial charge >= 0.3 is 0 Å². The second-order valence-corrected chi connectivity index (χ2v) is 8.57. The minimum atomic E-state index is -0.455. The van der Waals surface area contributed by atoms with E-state index < -0.39 is 6.10 Å². The van der Waals surface area contributed by atoms with E-state index in [1.807, 2.05) is 6.08 Å². The molecule has 0 unspecified atom stereocenters. The summed E-state index contributed by atoms with van der Waals surface area (Å²) in [5, 5.41) is 10.4. The van der Waals surface area contributed by atoms with Gasteiger partial charge in [-0.1, -0.05) is 19.4 Å². The van der Waals surface area contributed by atoms with E-state index in [-0.39, 0.29) is 28.3 Å². The summed E-state index contributed by atoms with van der Waals surface area (Å²) in [5.41, 5.74) is 1.23. The Morgan fingerprint density at radius 2 is 1.91 bits per heavy atom. The lowest BCUT2D eigenvalue weighted by molar-refractivity contribution is -0.133. The molecule has 0 aromatic heterocycles. The molecule has 6 atom stereocenters. The van der Waals surface area contributed by atoms with Crippen LogP contribution in [0.25, 0.3) is 0 Å². The number of ketones is 2. The Kier molecular flexibility index (Phi) is 3.01. The fourth-order valence-electron chi connectivity index (χ4n) is 6.33. The van der Waals surface area contributed by atoms with Gasteiger partial charge in [-0.05, 0) is 55.4 Å². The average Bonchev–Trinajstić information content (AvgIpc) is 2.70.